The predicted molar refractivity (Wildman–Crippen MR) is 134 cm³/mol. The largest absolute Gasteiger partial charge is 0.352 e. The number of benzene rings is 2. The summed E-state index contributed by atoms with van der Waals surface area (Å²) in [7, 11) is 0. The van der Waals surface area contributed by atoms with Gasteiger partial charge < -0.3 is 5.32 Å². The molecule has 0 saturated carbocycles. The Kier molecular flexibility index (Phi) is 6.41. The first-order valence-electron chi connectivity index (χ1n) is 11.7. The molecule has 0 atom stereocenters. The van der Waals surface area contributed by atoms with E-state index in [1.165, 1.54) is 9.08 Å². The SMILES string of the molecule is Cc1cccc(Cn2nc3n(CC(C)C)c(=O)c4ccc(C(=O)NCC(C)C)cc4n3c2=O)c1. The first-order chi connectivity index (χ1) is 16.2. The molecule has 178 valence electrons. The van der Waals surface area contributed by atoms with Gasteiger partial charge in [0.05, 0.1) is 17.4 Å². The van der Waals surface area contributed by atoms with Crippen LogP contribution in [0.1, 0.15) is 49.2 Å². The van der Waals surface area contributed by atoms with E-state index >= 15 is 0 Å². The lowest BCUT2D eigenvalue weighted by Gasteiger charge is -2.13. The van der Waals surface area contributed by atoms with E-state index in [-0.39, 0.29) is 35.4 Å². The van der Waals surface area contributed by atoms with Crippen molar-refractivity contribution in [2.24, 2.45) is 11.8 Å². The van der Waals surface area contributed by atoms with Gasteiger partial charge in [-0.25, -0.2) is 13.9 Å². The van der Waals surface area contributed by atoms with E-state index in [4.69, 9.17) is 0 Å². The summed E-state index contributed by atoms with van der Waals surface area (Å²) in [4.78, 5) is 39.6. The smallest absolute Gasteiger partial charge is 0.352 e. The van der Waals surface area contributed by atoms with Crippen LogP contribution in [0.25, 0.3) is 16.7 Å². The Hall–Kier alpha value is -3.68. The fourth-order valence-corrected chi connectivity index (χ4v) is 4.07. The standard InChI is InChI=1S/C26H31N5O3/c1-16(2)13-27-23(32)20-9-10-21-22(12-20)31-25(29(24(21)33)14-17(3)4)28-30(26(31)34)15-19-8-6-7-18(5)11-19/h6-12,16-17H,13-15H2,1-5H3,(H,27,32). The number of rotatable bonds is 7. The van der Waals surface area contributed by atoms with E-state index in [0.717, 1.165) is 11.1 Å². The molecule has 0 fully saturated rings. The van der Waals surface area contributed by atoms with Crippen molar-refractivity contribution in [3.05, 3.63) is 80.0 Å². The number of hydrogen-bond donors (Lipinski definition) is 1. The van der Waals surface area contributed by atoms with Gasteiger partial charge in [-0.2, -0.15) is 0 Å². The lowest BCUT2D eigenvalue weighted by molar-refractivity contribution is 0.0949. The Balaban J connectivity index is 1.94. The van der Waals surface area contributed by atoms with Crippen LogP contribution >= 0.6 is 0 Å². The number of aryl methyl sites for hydroxylation is 1. The molecule has 0 aliphatic heterocycles. The number of hydrogen-bond acceptors (Lipinski definition) is 4. The van der Waals surface area contributed by atoms with Gasteiger partial charge in [-0.1, -0.05) is 57.5 Å². The third-order valence-corrected chi connectivity index (χ3v) is 5.67. The summed E-state index contributed by atoms with van der Waals surface area (Å²) in [6.45, 7) is 11.3. The van der Waals surface area contributed by atoms with Crippen molar-refractivity contribution in [2.45, 2.75) is 47.7 Å². The van der Waals surface area contributed by atoms with Crippen molar-refractivity contribution in [1.29, 1.82) is 0 Å². The second-order valence-corrected chi connectivity index (χ2v) is 9.71. The van der Waals surface area contributed by atoms with Crippen LogP contribution in [0.15, 0.2) is 52.1 Å². The molecule has 1 amide bonds. The third kappa shape index (κ3) is 4.53. The first kappa shape index (κ1) is 23.5. The summed E-state index contributed by atoms with van der Waals surface area (Å²) in [6.07, 6.45) is 0. The molecule has 2 aromatic heterocycles. The Bertz CT molecular complexity index is 1490. The molecular formula is C26H31N5O3. The second-order valence-electron chi connectivity index (χ2n) is 9.71. The van der Waals surface area contributed by atoms with Gasteiger partial charge in [0.1, 0.15) is 0 Å². The lowest BCUT2D eigenvalue weighted by atomic mass is 10.1. The van der Waals surface area contributed by atoms with Crippen molar-refractivity contribution < 1.29 is 4.79 Å². The van der Waals surface area contributed by atoms with Crippen molar-refractivity contribution >= 4 is 22.6 Å². The molecule has 0 unspecified atom stereocenters. The molecule has 1 N–H and O–H groups in total. The van der Waals surface area contributed by atoms with Gasteiger partial charge >= 0.3 is 5.69 Å². The minimum absolute atomic E-state index is 0.178. The van der Waals surface area contributed by atoms with Crippen LogP contribution in [0.4, 0.5) is 0 Å². The van der Waals surface area contributed by atoms with Crippen LogP contribution in [-0.4, -0.2) is 31.2 Å². The average Bonchev–Trinajstić information content (AvgIpc) is 3.10. The molecular weight excluding hydrogens is 430 g/mol. The van der Waals surface area contributed by atoms with Crippen LogP contribution in [0.5, 0.6) is 0 Å². The van der Waals surface area contributed by atoms with Gasteiger partial charge in [-0.05, 0) is 42.5 Å². The summed E-state index contributed by atoms with van der Waals surface area (Å²) in [6, 6.07) is 12.8. The molecule has 0 saturated heterocycles. The normalized spacial score (nSPS) is 11.7. The zero-order chi connectivity index (χ0) is 24.6. The van der Waals surface area contributed by atoms with Crippen LogP contribution < -0.4 is 16.6 Å². The minimum Gasteiger partial charge on any atom is -0.352 e. The highest BCUT2D eigenvalue weighted by Crippen LogP contribution is 2.16. The first-order valence-corrected chi connectivity index (χ1v) is 11.7. The van der Waals surface area contributed by atoms with Crippen molar-refractivity contribution in [3.8, 4) is 0 Å². The monoisotopic (exact) mass is 461 g/mol. The van der Waals surface area contributed by atoms with Crippen LogP contribution in [0, 0.1) is 18.8 Å². The van der Waals surface area contributed by atoms with E-state index < -0.39 is 0 Å². The average molecular weight is 462 g/mol. The maximum absolute atomic E-state index is 13.5. The summed E-state index contributed by atoms with van der Waals surface area (Å²) in [5, 5.41) is 7.84. The molecule has 0 spiro atoms. The number of amides is 1. The Morgan fingerprint density at radius 1 is 1.03 bits per heavy atom. The van der Waals surface area contributed by atoms with Crippen LogP contribution in [0.2, 0.25) is 0 Å². The quantitative estimate of drug-likeness (QED) is 0.458. The third-order valence-electron chi connectivity index (χ3n) is 5.67. The highest BCUT2D eigenvalue weighted by atomic mass is 16.2. The molecule has 4 aromatic rings. The molecule has 0 radical (unpaired) electrons. The maximum atomic E-state index is 13.5. The molecule has 0 aliphatic rings. The number of fused-ring (bicyclic) bond motifs is 3. The highest BCUT2D eigenvalue weighted by molar-refractivity contribution is 5.98. The molecule has 2 heterocycles. The Labute approximate surface area is 197 Å². The van der Waals surface area contributed by atoms with Crippen LogP contribution in [-0.2, 0) is 13.1 Å². The lowest BCUT2D eigenvalue weighted by Crippen LogP contribution is -2.29. The number of nitrogens with one attached hydrogen (secondary N) is 1. The zero-order valence-electron chi connectivity index (χ0n) is 20.3. The van der Waals surface area contributed by atoms with Gasteiger partial charge in [0.2, 0.25) is 5.78 Å². The second kappa shape index (κ2) is 9.29. The van der Waals surface area contributed by atoms with E-state index in [9.17, 15) is 14.4 Å². The van der Waals surface area contributed by atoms with Gasteiger partial charge in [0, 0.05) is 18.7 Å². The van der Waals surface area contributed by atoms with E-state index in [2.05, 4.69) is 10.4 Å². The molecule has 4 rings (SSSR count). The fourth-order valence-electron chi connectivity index (χ4n) is 4.07. The van der Waals surface area contributed by atoms with E-state index in [1.807, 2.05) is 58.9 Å². The van der Waals surface area contributed by atoms with E-state index in [1.54, 1.807) is 22.8 Å². The van der Waals surface area contributed by atoms with Crippen molar-refractivity contribution in [2.75, 3.05) is 6.54 Å². The highest BCUT2D eigenvalue weighted by Gasteiger charge is 2.19. The molecule has 2 aromatic carbocycles. The van der Waals surface area contributed by atoms with Gasteiger partial charge in [-0.3, -0.25) is 14.2 Å². The van der Waals surface area contributed by atoms with Crippen molar-refractivity contribution in [1.82, 2.24) is 24.1 Å². The summed E-state index contributed by atoms with van der Waals surface area (Å²) < 4.78 is 4.39. The molecule has 0 aliphatic carbocycles. The number of aromatic nitrogens is 4. The number of nitrogens with zero attached hydrogens (tertiary/aromatic N) is 4. The molecule has 0 bridgehead atoms. The zero-order valence-corrected chi connectivity index (χ0v) is 20.3. The molecule has 8 nitrogen and oxygen atoms in total. The fraction of sp³-hybridized carbons (Fsp3) is 0.385. The number of carbonyl (C=O) groups is 1. The van der Waals surface area contributed by atoms with Gasteiger partial charge in [0.25, 0.3) is 11.5 Å². The minimum atomic E-state index is -0.348. The predicted octanol–water partition coefficient (Wildman–Crippen LogP) is 3.21. The maximum Gasteiger partial charge on any atom is 0.352 e. The summed E-state index contributed by atoms with van der Waals surface area (Å²) in [5.74, 6) is 0.526. The van der Waals surface area contributed by atoms with Crippen molar-refractivity contribution in [3.63, 3.8) is 0 Å². The van der Waals surface area contributed by atoms with Gasteiger partial charge in [0.15, 0.2) is 0 Å². The Morgan fingerprint density at radius 3 is 2.47 bits per heavy atom. The number of carbonyl (C=O) groups excluding carboxylic acids is 1. The Morgan fingerprint density at radius 2 is 1.79 bits per heavy atom. The topological polar surface area (TPSA) is 90.4 Å². The summed E-state index contributed by atoms with van der Waals surface area (Å²) >= 11 is 0. The van der Waals surface area contributed by atoms with Gasteiger partial charge in [-0.15, -0.1) is 5.10 Å². The van der Waals surface area contributed by atoms with E-state index in [0.29, 0.717) is 35.5 Å². The van der Waals surface area contributed by atoms with Crippen LogP contribution in [0.3, 0.4) is 0 Å². The molecule has 8 heteroatoms. The summed E-state index contributed by atoms with van der Waals surface area (Å²) in [5.41, 5.74) is 2.25. The molecule has 34 heavy (non-hydrogen) atoms.